The molecule has 0 aliphatic rings. The van der Waals surface area contributed by atoms with E-state index in [1.807, 2.05) is 0 Å². The molecule has 0 atom stereocenters. The van der Waals surface area contributed by atoms with Crippen LogP contribution < -0.4 is 0 Å². The van der Waals surface area contributed by atoms with Crippen LogP contribution in [0.2, 0.25) is 0 Å². The summed E-state index contributed by atoms with van der Waals surface area (Å²) in [5, 5.41) is 7.61. The van der Waals surface area contributed by atoms with Crippen molar-refractivity contribution in [3.05, 3.63) is 11.9 Å². The second kappa shape index (κ2) is 3.80. The molecule has 0 bridgehead atoms. The van der Waals surface area contributed by atoms with Gasteiger partial charge in [0.25, 0.3) is 0 Å². The molecule has 0 saturated carbocycles. The van der Waals surface area contributed by atoms with Gasteiger partial charge in [-0.25, -0.2) is 4.68 Å². The van der Waals surface area contributed by atoms with Crippen molar-refractivity contribution in [3.63, 3.8) is 0 Å². The van der Waals surface area contributed by atoms with E-state index in [-0.39, 0.29) is 5.78 Å². The van der Waals surface area contributed by atoms with Crippen LogP contribution in [0.15, 0.2) is 6.20 Å². The standard InChI is InChI=1S/C6H8IN3O/c1-5(11)3-10-4-6(2-7)8-9-10/h4H,2-3H2,1H3. The van der Waals surface area contributed by atoms with Crippen molar-refractivity contribution >= 4 is 28.4 Å². The van der Waals surface area contributed by atoms with Gasteiger partial charge in [-0.3, -0.25) is 4.79 Å². The summed E-state index contributed by atoms with van der Waals surface area (Å²) in [5.74, 6) is 0.0925. The Morgan fingerprint density at radius 3 is 3.00 bits per heavy atom. The number of nitrogens with zero attached hydrogens (tertiary/aromatic N) is 3. The van der Waals surface area contributed by atoms with E-state index in [1.165, 1.54) is 6.92 Å². The molecule has 0 unspecified atom stereocenters. The molecular weight excluding hydrogens is 257 g/mol. The highest BCUT2D eigenvalue weighted by Gasteiger charge is 1.99. The molecule has 0 fully saturated rings. The first-order chi connectivity index (χ1) is 5.22. The molecule has 1 rings (SSSR count). The third-order valence-corrected chi connectivity index (χ3v) is 1.89. The van der Waals surface area contributed by atoms with E-state index in [0.717, 1.165) is 10.1 Å². The van der Waals surface area contributed by atoms with Gasteiger partial charge in [0.2, 0.25) is 0 Å². The molecule has 0 saturated heterocycles. The number of hydrogen-bond acceptors (Lipinski definition) is 3. The van der Waals surface area contributed by atoms with Gasteiger partial charge in [-0.2, -0.15) is 0 Å². The molecule has 11 heavy (non-hydrogen) atoms. The summed E-state index contributed by atoms with van der Waals surface area (Å²) in [6.45, 7) is 1.86. The van der Waals surface area contributed by atoms with Crippen LogP contribution in [-0.2, 0) is 15.8 Å². The summed E-state index contributed by atoms with van der Waals surface area (Å²) in [4.78, 5) is 10.6. The third-order valence-electron chi connectivity index (χ3n) is 1.11. The number of Topliss-reactive ketones (excluding diaryl/α,β-unsaturated/α-hetero) is 1. The van der Waals surface area contributed by atoms with Crippen molar-refractivity contribution in [1.82, 2.24) is 15.0 Å². The van der Waals surface area contributed by atoms with Crippen molar-refractivity contribution in [1.29, 1.82) is 0 Å². The number of aromatic nitrogens is 3. The molecular formula is C6H8IN3O. The smallest absolute Gasteiger partial charge is 0.151 e. The van der Waals surface area contributed by atoms with Gasteiger partial charge in [0.05, 0.1) is 5.69 Å². The zero-order chi connectivity index (χ0) is 8.27. The molecule has 0 radical (unpaired) electrons. The Bertz CT molecular complexity index is 258. The minimum Gasteiger partial charge on any atom is -0.298 e. The van der Waals surface area contributed by atoms with Crippen LogP contribution in [0.5, 0.6) is 0 Å². The van der Waals surface area contributed by atoms with Crippen molar-refractivity contribution in [2.24, 2.45) is 0 Å². The monoisotopic (exact) mass is 265 g/mol. The Morgan fingerprint density at radius 1 is 1.82 bits per heavy atom. The number of alkyl halides is 1. The lowest BCUT2D eigenvalue weighted by molar-refractivity contribution is -0.117. The summed E-state index contributed by atoms with van der Waals surface area (Å²) in [6.07, 6.45) is 1.79. The SMILES string of the molecule is CC(=O)Cn1cc(CI)nn1. The highest BCUT2D eigenvalue weighted by molar-refractivity contribution is 14.1. The zero-order valence-corrected chi connectivity index (χ0v) is 8.28. The summed E-state index contributed by atoms with van der Waals surface area (Å²) < 4.78 is 2.38. The molecule has 0 amide bonds. The third kappa shape index (κ3) is 2.57. The minimum absolute atomic E-state index is 0.0925. The van der Waals surface area contributed by atoms with Crippen LogP contribution in [0.4, 0.5) is 0 Å². The van der Waals surface area contributed by atoms with Crippen molar-refractivity contribution in [3.8, 4) is 0 Å². The summed E-state index contributed by atoms with van der Waals surface area (Å²) in [7, 11) is 0. The predicted octanol–water partition coefficient (Wildman–Crippen LogP) is 0.802. The first-order valence-corrected chi connectivity index (χ1v) is 4.69. The van der Waals surface area contributed by atoms with E-state index < -0.39 is 0 Å². The molecule has 60 valence electrons. The van der Waals surface area contributed by atoms with Crippen molar-refractivity contribution in [2.45, 2.75) is 17.9 Å². The average molecular weight is 265 g/mol. The highest BCUT2D eigenvalue weighted by atomic mass is 127. The van der Waals surface area contributed by atoms with Gasteiger partial charge in [-0.05, 0) is 6.92 Å². The number of carbonyl (C=O) groups excluding carboxylic acids is 1. The van der Waals surface area contributed by atoms with Gasteiger partial charge in [-0.15, -0.1) is 5.10 Å². The maximum absolute atomic E-state index is 10.6. The van der Waals surface area contributed by atoms with Crippen LogP contribution in [0, 0.1) is 0 Å². The van der Waals surface area contributed by atoms with Crippen molar-refractivity contribution in [2.75, 3.05) is 0 Å². The predicted molar refractivity (Wildman–Crippen MR) is 48.4 cm³/mol. The molecule has 0 aliphatic heterocycles. The minimum atomic E-state index is 0.0925. The molecule has 1 aromatic rings. The Balaban J connectivity index is 2.65. The van der Waals surface area contributed by atoms with Crippen LogP contribution in [0.1, 0.15) is 12.6 Å². The molecule has 0 aromatic carbocycles. The molecule has 1 aromatic heterocycles. The molecule has 0 aliphatic carbocycles. The maximum Gasteiger partial charge on any atom is 0.151 e. The van der Waals surface area contributed by atoms with Gasteiger partial charge in [-0.1, -0.05) is 27.8 Å². The first-order valence-electron chi connectivity index (χ1n) is 3.17. The fourth-order valence-electron chi connectivity index (χ4n) is 0.705. The number of carbonyl (C=O) groups is 1. The largest absolute Gasteiger partial charge is 0.298 e. The summed E-state index contributed by atoms with van der Waals surface area (Å²) >= 11 is 2.20. The summed E-state index contributed by atoms with van der Waals surface area (Å²) in [6, 6.07) is 0. The van der Waals surface area contributed by atoms with Crippen LogP contribution >= 0.6 is 22.6 Å². The number of hydrogen-bond donors (Lipinski definition) is 0. The maximum atomic E-state index is 10.6. The van der Waals surface area contributed by atoms with E-state index in [1.54, 1.807) is 10.9 Å². The Kier molecular flexibility index (Phi) is 2.98. The second-order valence-electron chi connectivity index (χ2n) is 2.24. The lowest BCUT2D eigenvalue weighted by Gasteiger charge is -1.91. The molecule has 1 heterocycles. The van der Waals surface area contributed by atoms with Gasteiger partial charge >= 0.3 is 0 Å². The van der Waals surface area contributed by atoms with Crippen LogP contribution in [0.3, 0.4) is 0 Å². The van der Waals surface area contributed by atoms with E-state index >= 15 is 0 Å². The van der Waals surface area contributed by atoms with E-state index in [4.69, 9.17) is 0 Å². The van der Waals surface area contributed by atoms with Gasteiger partial charge in [0, 0.05) is 10.6 Å². The van der Waals surface area contributed by atoms with Crippen LogP contribution in [0.25, 0.3) is 0 Å². The van der Waals surface area contributed by atoms with E-state index in [2.05, 4.69) is 32.9 Å². The first kappa shape index (κ1) is 8.63. The topological polar surface area (TPSA) is 47.8 Å². The lowest BCUT2D eigenvalue weighted by Crippen LogP contribution is -2.06. The Labute approximate surface area is 78.1 Å². The van der Waals surface area contributed by atoms with Gasteiger partial charge < -0.3 is 0 Å². The molecule has 4 nitrogen and oxygen atoms in total. The normalized spacial score (nSPS) is 10.0. The highest BCUT2D eigenvalue weighted by Crippen LogP contribution is 1.99. The fraction of sp³-hybridized carbons (Fsp3) is 0.500. The van der Waals surface area contributed by atoms with Gasteiger partial charge in [0.15, 0.2) is 5.78 Å². The molecule has 5 heteroatoms. The van der Waals surface area contributed by atoms with Crippen molar-refractivity contribution < 1.29 is 4.79 Å². The number of halogens is 1. The Morgan fingerprint density at radius 2 is 2.55 bits per heavy atom. The lowest BCUT2D eigenvalue weighted by atomic mass is 10.4. The summed E-state index contributed by atoms with van der Waals surface area (Å²) in [5.41, 5.74) is 0.909. The fourth-order valence-corrected chi connectivity index (χ4v) is 1.05. The number of ketones is 1. The van der Waals surface area contributed by atoms with E-state index in [9.17, 15) is 4.79 Å². The average Bonchev–Trinajstić information content (AvgIpc) is 2.34. The second-order valence-corrected chi connectivity index (χ2v) is 3.01. The number of rotatable bonds is 3. The molecule has 0 spiro atoms. The van der Waals surface area contributed by atoms with E-state index in [0.29, 0.717) is 6.54 Å². The zero-order valence-electron chi connectivity index (χ0n) is 6.12. The molecule has 0 N–H and O–H groups in total. The van der Waals surface area contributed by atoms with Gasteiger partial charge in [0.1, 0.15) is 6.54 Å². The Hall–Kier alpha value is -0.460. The van der Waals surface area contributed by atoms with Crippen LogP contribution in [-0.4, -0.2) is 20.8 Å². The quantitative estimate of drug-likeness (QED) is 0.600.